The maximum atomic E-state index is 14.0. The summed E-state index contributed by atoms with van der Waals surface area (Å²) < 4.78 is 1.68. The van der Waals surface area contributed by atoms with Crippen molar-refractivity contribution < 1.29 is 9.59 Å². The normalized spacial score (nSPS) is 17.4. The number of amides is 2. The number of nitrogens with one attached hydrogen (secondary N) is 1. The van der Waals surface area contributed by atoms with Gasteiger partial charge in [0.05, 0.1) is 11.4 Å². The molecule has 1 aliphatic rings. The molecule has 0 spiro atoms. The molecule has 6 nitrogen and oxygen atoms in total. The van der Waals surface area contributed by atoms with Crippen LogP contribution in [0.4, 0.5) is 5.69 Å². The third kappa shape index (κ3) is 4.17. The standard InChI is InChI=1S/C28H28N4O2S/c1-18-7-10-21(11-8-18)16-29-27(34)28(4)17-31-24(15-22(30-31)25-6-5-13-35-25)26(33)32(28)23-12-9-19(2)14-20(23)3/h5-15H,16-17H2,1-4H3,(H,29,34). The van der Waals surface area contributed by atoms with Crippen molar-refractivity contribution in [3.8, 4) is 10.6 Å². The molecular formula is C28H28N4O2S. The van der Waals surface area contributed by atoms with Crippen molar-refractivity contribution in [3.63, 3.8) is 0 Å². The van der Waals surface area contributed by atoms with Crippen LogP contribution in [0.3, 0.4) is 0 Å². The number of hydrogen-bond donors (Lipinski definition) is 1. The van der Waals surface area contributed by atoms with E-state index >= 15 is 0 Å². The summed E-state index contributed by atoms with van der Waals surface area (Å²) in [5.74, 6) is -0.447. The second kappa shape index (κ2) is 8.82. The Morgan fingerprint density at radius 2 is 1.80 bits per heavy atom. The van der Waals surface area contributed by atoms with Gasteiger partial charge in [-0.2, -0.15) is 5.10 Å². The molecule has 3 heterocycles. The lowest BCUT2D eigenvalue weighted by Gasteiger charge is -2.43. The highest BCUT2D eigenvalue weighted by atomic mass is 32.1. The van der Waals surface area contributed by atoms with Crippen LogP contribution in [0, 0.1) is 20.8 Å². The molecule has 7 heteroatoms. The first-order valence-electron chi connectivity index (χ1n) is 11.6. The summed E-state index contributed by atoms with van der Waals surface area (Å²) in [7, 11) is 0. The molecule has 1 aliphatic heterocycles. The number of nitrogens with zero attached hydrogens (tertiary/aromatic N) is 3. The van der Waals surface area contributed by atoms with Gasteiger partial charge in [-0.15, -0.1) is 11.3 Å². The van der Waals surface area contributed by atoms with E-state index in [4.69, 9.17) is 5.10 Å². The summed E-state index contributed by atoms with van der Waals surface area (Å²) in [4.78, 5) is 30.4. The molecular weight excluding hydrogens is 456 g/mol. The lowest BCUT2D eigenvalue weighted by atomic mass is 9.92. The smallest absolute Gasteiger partial charge is 0.277 e. The molecule has 0 bridgehead atoms. The zero-order valence-electron chi connectivity index (χ0n) is 20.3. The molecule has 0 saturated carbocycles. The molecule has 0 saturated heterocycles. The Morgan fingerprint density at radius 1 is 1.06 bits per heavy atom. The van der Waals surface area contributed by atoms with Crippen LogP contribution in [0.25, 0.3) is 10.6 Å². The number of thiophene rings is 1. The van der Waals surface area contributed by atoms with E-state index < -0.39 is 5.54 Å². The van der Waals surface area contributed by atoms with Gasteiger partial charge >= 0.3 is 0 Å². The first kappa shape index (κ1) is 23.1. The number of anilines is 1. The summed E-state index contributed by atoms with van der Waals surface area (Å²) in [5, 5.41) is 9.77. The minimum atomic E-state index is -1.16. The van der Waals surface area contributed by atoms with E-state index in [1.807, 2.05) is 93.7 Å². The largest absolute Gasteiger partial charge is 0.350 e. The van der Waals surface area contributed by atoms with E-state index in [9.17, 15) is 9.59 Å². The number of benzene rings is 2. The van der Waals surface area contributed by atoms with Gasteiger partial charge < -0.3 is 5.32 Å². The Morgan fingerprint density at radius 3 is 2.49 bits per heavy atom. The fourth-order valence-corrected chi connectivity index (χ4v) is 5.32. The van der Waals surface area contributed by atoms with Crippen molar-refractivity contribution in [2.24, 2.45) is 0 Å². The van der Waals surface area contributed by atoms with Crippen molar-refractivity contribution >= 4 is 28.8 Å². The highest BCUT2D eigenvalue weighted by molar-refractivity contribution is 7.13. The number of rotatable bonds is 5. The maximum Gasteiger partial charge on any atom is 0.277 e. The highest BCUT2D eigenvalue weighted by Gasteiger charge is 2.49. The van der Waals surface area contributed by atoms with Crippen LogP contribution in [0.1, 0.15) is 39.7 Å². The van der Waals surface area contributed by atoms with Gasteiger partial charge in [-0.1, -0.05) is 53.6 Å². The third-order valence-corrected chi connectivity index (χ3v) is 7.48. The second-order valence-corrected chi connectivity index (χ2v) is 10.4. The number of carbonyl (C=O) groups excluding carboxylic acids is 2. The van der Waals surface area contributed by atoms with E-state index in [1.165, 1.54) is 5.56 Å². The Balaban J connectivity index is 1.55. The SMILES string of the molecule is Cc1ccc(CNC(=O)C2(C)Cn3nc(-c4cccs4)cc3C(=O)N2c2ccc(C)cc2C)cc1. The predicted octanol–water partition coefficient (Wildman–Crippen LogP) is 5.27. The molecule has 178 valence electrons. The van der Waals surface area contributed by atoms with Crippen LogP contribution in [0.15, 0.2) is 66.0 Å². The number of carbonyl (C=O) groups is 2. The molecule has 0 fully saturated rings. The van der Waals surface area contributed by atoms with Crippen LogP contribution >= 0.6 is 11.3 Å². The fraction of sp³-hybridized carbons (Fsp3) is 0.250. The van der Waals surface area contributed by atoms with Gasteiger partial charge in [0.2, 0.25) is 5.91 Å². The summed E-state index contributed by atoms with van der Waals surface area (Å²) in [6.07, 6.45) is 0. The zero-order chi connectivity index (χ0) is 24.7. The quantitative estimate of drug-likeness (QED) is 0.420. The Kier molecular flexibility index (Phi) is 5.81. The Hall–Kier alpha value is -3.71. The first-order chi connectivity index (χ1) is 16.8. The fourth-order valence-electron chi connectivity index (χ4n) is 4.64. The molecule has 1 N–H and O–H groups in total. The van der Waals surface area contributed by atoms with E-state index in [0.717, 1.165) is 32.9 Å². The lowest BCUT2D eigenvalue weighted by molar-refractivity contribution is -0.126. The Labute approximate surface area is 209 Å². The number of aryl methyl sites for hydroxylation is 3. The molecule has 2 amide bonds. The van der Waals surface area contributed by atoms with Crippen LogP contribution < -0.4 is 10.2 Å². The summed E-state index contributed by atoms with van der Waals surface area (Å²) in [6, 6.07) is 19.8. The summed E-state index contributed by atoms with van der Waals surface area (Å²) in [6.45, 7) is 8.49. The van der Waals surface area contributed by atoms with E-state index in [1.54, 1.807) is 20.9 Å². The van der Waals surface area contributed by atoms with Crippen molar-refractivity contribution in [2.75, 3.05) is 4.90 Å². The summed E-state index contributed by atoms with van der Waals surface area (Å²) >= 11 is 1.57. The van der Waals surface area contributed by atoms with E-state index in [-0.39, 0.29) is 18.4 Å². The van der Waals surface area contributed by atoms with Gasteiger partial charge in [0.25, 0.3) is 5.91 Å². The van der Waals surface area contributed by atoms with Crippen molar-refractivity contribution in [1.29, 1.82) is 0 Å². The Bertz CT molecular complexity index is 1410. The van der Waals surface area contributed by atoms with Gasteiger partial charge in [-0.3, -0.25) is 19.2 Å². The molecule has 1 atom stereocenters. The molecule has 4 aromatic rings. The van der Waals surface area contributed by atoms with Crippen LogP contribution in [0.2, 0.25) is 0 Å². The first-order valence-corrected chi connectivity index (χ1v) is 12.5. The van der Waals surface area contributed by atoms with Crippen LogP contribution in [-0.2, 0) is 17.9 Å². The molecule has 35 heavy (non-hydrogen) atoms. The van der Waals surface area contributed by atoms with Crippen LogP contribution in [-0.4, -0.2) is 27.1 Å². The molecule has 2 aromatic carbocycles. The zero-order valence-corrected chi connectivity index (χ0v) is 21.1. The second-order valence-electron chi connectivity index (χ2n) is 9.42. The van der Waals surface area contributed by atoms with Crippen molar-refractivity contribution in [1.82, 2.24) is 15.1 Å². The minimum absolute atomic E-state index is 0.217. The highest BCUT2D eigenvalue weighted by Crippen LogP contribution is 2.36. The average Bonchev–Trinajstić information content (AvgIpc) is 3.50. The maximum absolute atomic E-state index is 14.0. The average molecular weight is 485 g/mol. The van der Waals surface area contributed by atoms with Gasteiger partial charge in [0.1, 0.15) is 16.9 Å². The molecule has 2 aromatic heterocycles. The van der Waals surface area contributed by atoms with Gasteiger partial charge in [-0.05, 0) is 62.4 Å². The molecule has 5 rings (SSSR count). The van der Waals surface area contributed by atoms with Gasteiger partial charge in [-0.25, -0.2) is 0 Å². The predicted molar refractivity (Wildman–Crippen MR) is 140 cm³/mol. The van der Waals surface area contributed by atoms with Crippen molar-refractivity contribution in [3.05, 3.63) is 94.0 Å². The van der Waals surface area contributed by atoms with E-state index in [0.29, 0.717) is 12.2 Å². The molecule has 0 radical (unpaired) electrons. The third-order valence-electron chi connectivity index (χ3n) is 6.58. The van der Waals surface area contributed by atoms with Crippen molar-refractivity contribution in [2.45, 2.75) is 46.3 Å². The molecule has 0 aliphatic carbocycles. The van der Waals surface area contributed by atoms with Gasteiger partial charge in [0, 0.05) is 12.2 Å². The number of aromatic nitrogens is 2. The minimum Gasteiger partial charge on any atom is -0.350 e. The van der Waals surface area contributed by atoms with Crippen LogP contribution in [0.5, 0.6) is 0 Å². The monoisotopic (exact) mass is 484 g/mol. The van der Waals surface area contributed by atoms with E-state index in [2.05, 4.69) is 5.32 Å². The lowest BCUT2D eigenvalue weighted by Crippen LogP contribution is -2.64. The molecule has 1 unspecified atom stereocenters. The summed E-state index contributed by atoms with van der Waals surface area (Å²) in [5.41, 5.74) is 5.03. The van der Waals surface area contributed by atoms with Gasteiger partial charge in [0.15, 0.2) is 0 Å². The topological polar surface area (TPSA) is 67.2 Å². The number of fused-ring (bicyclic) bond motifs is 1. The number of hydrogen-bond acceptors (Lipinski definition) is 4.